The van der Waals surface area contributed by atoms with Crippen molar-refractivity contribution in [2.75, 3.05) is 0 Å². The van der Waals surface area contributed by atoms with Gasteiger partial charge in [-0.1, -0.05) is 6.92 Å². The maximum Gasteiger partial charge on any atom is 0.148 e. The lowest BCUT2D eigenvalue weighted by atomic mass is 10.2. The second-order valence-corrected chi connectivity index (χ2v) is 5.54. The largest absolute Gasteiger partial charge is 0.454 e. The Labute approximate surface area is 125 Å². The molecule has 0 aliphatic heterocycles. The van der Waals surface area contributed by atoms with Gasteiger partial charge in [0.15, 0.2) is 0 Å². The summed E-state index contributed by atoms with van der Waals surface area (Å²) < 4.78 is 5.97. The molecule has 0 aromatic carbocycles. The zero-order chi connectivity index (χ0) is 14.7. The van der Waals surface area contributed by atoms with Crippen molar-refractivity contribution in [1.29, 1.82) is 0 Å². The van der Waals surface area contributed by atoms with Crippen molar-refractivity contribution in [3.63, 3.8) is 0 Å². The number of aromatic nitrogens is 2. The maximum atomic E-state index is 5.97. The second kappa shape index (κ2) is 6.22. The zero-order valence-corrected chi connectivity index (χ0v) is 12.6. The van der Waals surface area contributed by atoms with Gasteiger partial charge in [-0.2, -0.15) is 0 Å². The molecule has 0 spiro atoms. The van der Waals surface area contributed by atoms with Crippen molar-refractivity contribution in [2.24, 2.45) is 0 Å². The molecule has 2 aromatic heterocycles. The number of nitrogens with one attached hydrogen (secondary N) is 1. The summed E-state index contributed by atoms with van der Waals surface area (Å²) in [7, 11) is 0. The normalized spacial score (nSPS) is 14.2. The molecule has 3 rings (SSSR count). The van der Waals surface area contributed by atoms with Crippen LogP contribution in [-0.4, -0.2) is 16.0 Å². The quantitative estimate of drug-likeness (QED) is 0.882. The average Bonchev–Trinajstić information content (AvgIpc) is 3.32. The number of hydrogen-bond acceptors (Lipinski definition) is 4. The van der Waals surface area contributed by atoms with E-state index < -0.39 is 0 Å². The Morgan fingerprint density at radius 1 is 1.29 bits per heavy atom. The van der Waals surface area contributed by atoms with Crippen molar-refractivity contribution >= 4 is 0 Å². The van der Waals surface area contributed by atoms with Gasteiger partial charge < -0.3 is 10.1 Å². The Kier molecular flexibility index (Phi) is 4.15. The fourth-order valence-electron chi connectivity index (χ4n) is 2.24. The number of aryl methyl sites for hydroxylation is 2. The van der Waals surface area contributed by atoms with Crippen molar-refractivity contribution in [1.82, 2.24) is 15.3 Å². The van der Waals surface area contributed by atoms with E-state index in [0.717, 1.165) is 41.4 Å². The van der Waals surface area contributed by atoms with Gasteiger partial charge in [0.05, 0.1) is 11.9 Å². The fourth-order valence-corrected chi connectivity index (χ4v) is 2.24. The summed E-state index contributed by atoms with van der Waals surface area (Å²) >= 11 is 0. The van der Waals surface area contributed by atoms with Crippen LogP contribution in [0.4, 0.5) is 0 Å². The van der Waals surface area contributed by atoms with E-state index in [0.29, 0.717) is 6.04 Å². The molecule has 1 saturated carbocycles. The molecule has 0 saturated heterocycles. The summed E-state index contributed by atoms with van der Waals surface area (Å²) in [5.41, 5.74) is 3.15. The van der Waals surface area contributed by atoms with Gasteiger partial charge in [0.1, 0.15) is 11.5 Å². The highest BCUT2D eigenvalue weighted by Gasteiger charge is 2.20. The van der Waals surface area contributed by atoms with E-state index in [1.54, 1.807) is 6.20 Å². The Hall–Kier alpha value is -1.94. The van der Waals surface area contributed by atoms with Crippen LogP contribution in [0.25, 0.3) is 0 Å². The molecule has 0 unspecified atom stereocenters. The van der Waals surface area contributed by atoms with Gasteiger partial charge in [-0.25, -0.2) is 0 Å². The minimum Gasteiger partial charge on any atom is -0.454 e. The van der Waals surface area contributed by atoms with E-state index in [1.165, 1.54) is 12.8 Å². The lowest BCUT2D eigenvalue weighted by molar-refractivity contribution is 0.469. The molecule has 1 aliphatic carbocycles. The van der Waals surface area contributed by atoms with Gasteiger partial charge in [-0.3, -0.25) is 9.97 Å². The molecule has 0 radical (unpaired) electrons. The summed E-state index contributed by atoms with van der Waals surface area (Å²) in [5.74, 6) is 1.59. The Bertz CT molecular complexity index is 623. The van der Waals surface area contributed by atoms with Crippen molar-refractivity contribution in [2.45, 2.75) is 45.7 Å². The van der Waals surface area contributed by atoms with E-state index in [9.17, 15) is 0 Å². The summed E-state index contributed by atoms with van der Waals surface area (Å²) in [4.78, 5) is 8.79. The molecule has 4 heteroatoms. The minimum atomic E-state index is 0.697. The molecule has 4 nitrogen and oxygen atoms in total. The first-order valence-electron chi connectivity index (χ1n) is 7.56. The van der Waals surface area contributed by atoms with Crippen LogP contribution in [0, 0.1) is 6.92 Å². The SMILES string of the molecule is CCc1nc(C)ccc1Oc1cncc(CNC2CC2)c1. The number of nitrogens with zero attached hydrogens (tertiary/aromatic N) is 2. The monoisotopic (exact) mass is 283 g/mol. The summed E-state index contributed by atoms with van der Waals surface area (Å²) in [6.07, 6.45) is 7.07. The predicted octanol–water partition coefficient (Wildman–Crippen LogP) is 3.39. The van der Waals surface area contributed by atoms with Gasteiger partial charge in [0.25, 0.3) is 0 Å². The van der Waals surface area contributed by atoms with Gasteiger partial charge in [-0.15, -0.1) is 0 Å². The van der Waals surface area contributed by atoms with Crippen LogP contribution in [0.2, 0.25) is 0 Å². The first kappa shape index (κ1) is 14.0. The summed E-state index contributed by atoms with van der Waals surface area (Å²) in [6.45, 7) is 4.93. The Morgan fingerprint density at radius 3 is 2.90 bits per heavy atom. The third kappa shape index (κ3) is 3.79. The van der Waals surface area contributed by atoms with Crippen molar-refractivity contribution in [3.05, 3.63) is 47.5 Å². The molecule has 0 atom stereocenters. The maximum absolute atomic E-state index is 5.97. The molecule has 1 aliphatic rings. The Balaban J connectivity index is 1.73. The molecule has 1 N–H and O–H groups in total. The van der Waals surface area contributed by atoms with Crippen LogP contribution in [0.3, 0.4) is 0 Å². The van der Waals surface area contributed by atoms with E-state index in [-0.39, 0.29) is 0 Å². The summed E-state index contributed by atoms with van der Waals surface area (Å²) in [6, 6.07) is 6.70. The van der Waals surface area contributed by atoms with Crippen LogP contribution in [-0.2, 0) is 13.0 Å². The number of pyridine rings is 2. The number of ether oxygens (including phenoxy) is 1. The van der Waals surface area contributed by atoms with Gasteiger partial charge >= 0.3 is 0 Å². The van der Waals surface area contributed by atoms with Crippen LogP contribution in [0.15, 0.2) is 30.6 Å². The van der Waals surface area contributed by atoms with Crippen molar-refractivity contribution < 1.29 is 4.74 Å². The van der Waals surface area contributed by atoms with Crippen LogP contribution >= 0.6 is 0 Å². The topological polar surface area (TPSA) is 47.0 Å². The summed E-state index contributed by atoms with van der Waals surface area (Å²) in [5, 5.41) is 3.49. The third-order valence-corrected chi connectivity index (χ3v) is 3.58. The van der Waals surface area contributed by atoms with E-state index in [1.807, 2.05) is 31.3 Å². The first-order valence-corrected chi connectivity index (χ1v) is 7.56. The molecule has 2 heterocycles. The highest BCUT2D eigenvalue weighted by molar-refractivity contribution is 5.35. The number of rotatable bonds is 6. The molecule has 110 valence electrons. The highest BCUT2D eigenvalue weighted by atomic mass is 16.5. The van der Waals surface area contributed by atoms with Gasteiger partial charge in [0.2, 0.25) is 0 Å². The van der Waals surface area contributed by atoms with E-state index >= 15 is 0 Å². The Morgan fingerprint density at radius 2 is 2.14 bits per heavy atom. The van der Waals surface area contributed by atoms with Crippen LogP contribution in [0.1, 0.15) is 36.7 Å². The standard InChI is InChI=1S/C17H21N3O/c1-3-16-17(7-4-12(2)20-16)21-15-8-13(9-18-11-15)10-19-14-5-6-14/h4,7-9,11,14,19H,3,5-6,10H2,1-2H3. The van der Waals surface area contributed by atoms with Crippen LogP contribution < -0.4 is 10.1 Å². The molecule has 1 fully saturated rings. The molecule has 0 bridgehead atoms. The third-order valence-electron chi connectivity index (χ3n) is 3.58. The highest BCUT2D eigenvalue weighted by Crippen LogP contribution is 2.25. The van der Waals surface area contributed by atoms with E-state index in [2.05, 4.69) is 22.2 Å². The average molecular weight is 283 g/mol. The first-order chi connectivity index (χ1) is 10.2. The number of hydrogen-bond donors (Lipinski definition) is 1. The molecular weight excluding hydrogens is 262 g/mol. The second-order valence-electron chi connectivity index (χ2n) is 5.54. The van der Waals surface area contributed by atoms with Crippen molar-refractivity contribution in [3.8, 4) is 11.5 Å². The van der Waals surface area contributed by atoms with E-state index in [4.69, 9.17) is 4.74 Å². The molecule has 21 heavy (non-hydrogen) atoms. The fraction of sp³-hybridized carbons (Fsp3) is 0.412. The molecule has 0 amide bonds. The predicted molar refractivity (Wildman–Crippen MR) is 82.5 cm³/mol. The van der Waals surface area contributed by atoms with Crippen LogP contribution in [0.5, 0.6) is 11.5 Å². The smallest absolute Gasteiger partial charge is 0.148 e. The molecule has 2 aromatic rings. The minimum absolute atomic E-state index is 0.697. The zero-order valence-electron chi connectivity index (χ0n) is 12.6. The lowest BCUT2D eigenvalue weighted by Crippen LogP contribution is -2.15. The van der Waals surface area contributed by atoms with Gasteiger partial charge in [-0.05, 0) is 49.9 Å². The lowest BCUT2D eigenvalue weighted by Gasteiger charge is -2.11. The van der Waals surface area contributed by atoms with Gasteiger partial charge in [0, 0.05) is 24.5 Å². The molecular formula is C17H21N3O.